The number of amides is 2. The number of carbonyl (C=O) groups is 3. The second-order valence-electron chi connectivity index (χ2n) is 5.60. The fraction of sp³-hybridized carbons (Fsp3) is 0.750. The van der Waals surface area contributed by atoms with Crippen LogP contribution in [0.4, 0.5) is 4.79 Å². The van der Waals surface area contributed by atoms with Gasteiger partial charge in [-0.1, -0.05) is 0 Å². The van der Waals surface area contributed by atoms with Crippen molar-refractivity contribution in [1.29, 1.82) is 0 Å². The zero-order valence-electron chi connectivity index (χ0n) is 11.5. The Morgan fingerprint density at radius 1 is 1.33 bits per heavy atom. The molecule has 0 aromatic rings. The van der Waals surface area contributed by atoms with Gasteiger partial charge in [0.05, 0.1) is 6.54 Å². The standard InChI is InChI=1S/C12H20N2O4/c1-12(2,3)18-11(17)14-7-8(15)6-9(14)10(16)13(4)5/h9H,6-7H2,1-5H3/t9-/m1/s1. The van der Waals surface area contributed by atoms with Crippen LogP contribution in [0.1, 0.15) is 27.2 Å². The Labute approximate surface area is 107 Å². The Balaban J connectivity index is 2.82. The summed E-state index contributed by atoms with van der Waals surface area (Å²) in [5, 5.41) is 0. The number of nitrogens with zero attached hydrogens (tertiary/aromatic N) is 2. The predicted molar refractivity (Wildman–Crippen MR) is 65.0 cm³/mol. The minimum absolute atomic E-state index is 0.0564. The first-order valence-electron chi connectivity index (χ1n) is 5.84. The van der Waals surface area contributed by atoms with E-state index in [0.29, 0.717) is 0 Å². The van der Waals surface area contributed by atoms with Crippen molar-refractivity contribution in [3.8, 4) is 0 Å². The van der Waals surface area contributed by atoms with Crippen molar-refractivity contribution in [3.63, 3.8) is 0 Å². The van der Waals surface area contributed by atoms with Crippen molar-refractivity contribution < 1.29 is 19.1 Å². The molecule has 1 fully saturated rings. The minimum atomic E-state index is -0.734. The van der Waals surface area contributed by atoms with Gasteiger partial charge in [-0.2, -0.15) is 0 Å². The average Bonchev–Trinajstić information content (AvgIpc) is 2.56. The van der Waals surface area contributed by atoms with Gasteiger partial charge >= 0.3 is 6.09 Å². The van der Waals surface area contributed by atoms with Crippen molar-refractivity contribution in [2.45, 2.75) is 38.8 Å². The monoisotopic (exact) mass is 256 g/mol. The van der Waals surface area contributed by atoms with Crippen LogP contribution in [0.2, 0.25) is 0 Å². The van der Waals surface area contributed by atoms with Crippen LogP contribution in [-0.2, 0) is 14.3 Å². The van der Waals surface area contributed by atoms with Crippen LogP contribution >= 0.6 is 0 Å². The highest BCUT2D eigenvalue weighted by Crippen LogP contribution is 2.20. The maximum atomic E-state index is 11.9. The number of hydrogen-bond acceptors (Lipinski definition) is 4. The normalized spacial score (nSPS) is 19.9. The summed E-state index contributed by atoms with van der Waals surface area (Å²) in [6, 6.07) is -0.734. The molecule has 1 saturated heterocycles. The molecule has 0 spiro atoms. The molecular weight excluding hydrogens is 236 g/mol. The van der Waals surface area contributed by atoms with Gasteiger partial charge in [0.15, 0.2) is 5.78 Å². The molecule has 1 atom stereocenters. The molecule has 2 amide bonds. The van der Waals surface area contributed by atoms with Crippen LogP contribution < -0.4 is 0 Å². The highest BCUT2D eigenvalue weighted by atomic mass is 16.6. The van der Waals surface area contributed by atoms with Crippen molar-refractivity contribution in [1.82, 2.24) is 9.80 Å². The fourth-order valence-corrected chi connectivity index (χ4v) is 1.72. The summed E-state index contributed by atoms with van der Waals surface area (Å²) in [6.45, 7) is 5.17. The fourth-order valence-electron chi connectivity index (χ4n) is 1.72. The van der Waals surface area contributed by atoms with Gasteiger partial charge < -0.3 is 9.64 Å². The van der Waals surface area contributed by atoms with Crippen LogP contribution in [0.25, 0.3) is 0 Å². The molecule has 6 nitrogen and oxygen atoms in total. The topological polar surface area (TPSA) is 66.9 Å². The van der Waals surface area contributed by atoms with E-state index in [2.05, 4.69) is 0 Å². The number of hydrogen-bond donors (Lipinski definition) is 0. The summed E-state index contributed by atoms with van der Waals surface area (Å²) in [5.74, 6) is -0.382. The zero-order valence-corrected chi connectivity index (χ0v) is 11.5. The lowest BCUT2D eigenvalue weighted by Gasteiger charge is -2.28. The maximum absolute atomic E-state index is 11.9. The van der Waals surface area contributed by atoms with Gasteiger partial charge in [0.2, 0.25) is 5.91 Å². The molecule has 6 heteroatoms. The van der Waals surface area contributed by atoms with Crippen molar-refractivity contribution in [2.24, 2.45) is 0 Å². The Morgan fingerprint density at radius 3 is 2.33 bits per heavy atom. The van der Waals surface area contributed by atoms with Gasteiger partial charge in [-0.3, -0.25) is 14.5 Å². The first kappa shape index (κ1) is 14.5. The molecule has 1 aliphatic heterocycles. The quantitative estimate of drug-likeness (QED) is 0.691. The van der Waals surface area contributed by atoms with Gasteiger partial charge in [0, 0.05) is 20.5 Å². The van der Waals surface area contributed by atoms with Crippen molar-refractivity contribution >= 4 is 17.8 Å². The number of ketones is 1. The van der Waals surface area contributed by atoms with E-state index in [1.165, 1.54) is 9.80 Å². The highest BCUT2D eigenvalue weighted by Gasteiger charge is 2.41. The number of carbonyl (C=O) groups excluding carboxylic acids is 3. The SMILES string of the molecule is CN(C)C(=O)[C@H]1CC(=O)CN1C(=O)OC(C)(C)C. The summed E-state index contributed by atoms with van der Waals surface area (Å²) in [5.41, 5.74) is -0.644. The Morgan fingerprint density at radius 2 is 1.89 bits per heavy atom. The van der Waals surface area contributed by atoms with Crippen LogP contribution in [0.3, 0.4) is 0 Å². The van der Waals surface area contributed by atoms with Gasteiger partial charge in [0.25, 0.3) is 0 Å². The molecule has 0 saturated carbocycles. The molecule has 0 radical (unpaired) electrons. The summed E-state index contributed by atoms with van der Waals surface area (Å²) in [6.07, 6.45) is -0.551. The molecule has 0 aromatic carbocycles. The van der Waals surface area contributed by atoms with E-state index in [9.17, 15) is 14.4 Å². The third kappa shape index (κ3) is 3.45. The Hall–Kier alpha value is -1.59. The van der Waals surface area contributed by atoms with Gasteiger partial charge in [-0.05, 0) is 20.8 Å². The minimum Gasteiger partial charge on any atom is -0.444 e. The first-order chi connectivity index (χ1) is 8.11. The molecule has 1 rings (SSSR count). The second-order valence-corrected chi connectivity index (χ2v) is 5.60. The molecule has 102 valence electrons. The summed E-state index contributed by atoms with van der Waals surface area (Å²) < 4.78 is 5.19. The second kappa shape index (κ2) is 4.96. The van der Waals surface area contributed by atoms with E-state index in [4.69, 9.17) is 4.74 Å². The molecule has 0 bridgehead atoms. The van der Waals surface area contributed by atoms with E-state index in [1.54, 1.807) is 34.9 Å². The predicted octanol–water partition coefficient (Wildman–Crippen LogP) is 0.653. The van der Waals surface area contributed by atoms with Gasteiger partial charge in [0.1, 0.15) is 11.6 Å². The van der Waals surface area contributed by atoms with E-state index in [-0.39, 0.29) is 24.7 Å². The van der Waals surface area contributed by atoms with E-state index >= 15 is 0 Å². The lowest BCUT2D eigenvalue weighted by molar-refractivity contribution is -0.133. The number of Topliss-reactive ketones (excluding diaryl/α,β-unsaturated/α-hetero) is 1. The van der Waals surface area contributed by atoms with Gasteiger partial charge in [-0.15, -0.1) is 0 Å². The Bertz CT molecular complexity index is 371. The summed E-state index contributed by atoms with van der Waals surface area (Å²) in [7, 11) is 3.19. The van der Waals surface area contributed by atoms with E-state index < -0.39 is 17.7 Å². The maximum Gasteiger partial charge on any atom is 0.411 e. The molecule has 18 heavy (non-hydrogen) atoms. The number of likely N-dealkylation sites (N-methyl/N-ethyl adjacent to an activating group) is 1. The van der Waals surface area contributed by atoms with E-state index in [1.807, 2.05) is 0 Å². The van der Waals surface area contributed by atoms with Crippen LogP contribution in [-0.4, -0.2) is 59.9 Å². The van der Waals surface area contributed by atoms with Crippen LogP contribution in [0, 0.1) is 0 Å². The lowest BCUT2D eigenvalue weighted by atomic mass is 10.2. The molecule has 1 aliphatic rings. The first-order valence-corrected chi connectivity index (χ1v) is 5.84. The smallest absolute Gasteiger partial charge is 0.411 e. The van der Waals surface area contributed by atoms with Crippen LogP contribution in [0.15, 0.2) is 0 Å². The molecule has 0 unspecified atom stereocenters. The zero-order chi connectivity index (χ0) is 14.1. The van der Waals surface area contributed by atoms with E-state index in [0.717, 1.165) is 0 Å². The number of likely N-dealkylation sites (tertiary alicyclic amines) is 1. The molecule has 0 aromatic heterocycles. The molecule has 0 aliphatic carbocycles. The third-order valence-electron chi connectivity index (χ3n) is 2.50. The summed E-state index contributed by atoms with van der Waals surface area (Å²) in [4.78, 5) is 37.8. The number of rotatable bonds is 1. The highest BCUT2D eigenvalue weighted by molar-refractivity contribution is 5.97. The lowest BCUT2D eigenvalue weighted by Crippen LogP contribution is -2.47. The van der Waals surface area contributed by atoms with Gasteiger partial charge in [-0.25, -0.2) is 4.79 Å². The third-order valence-corrected chi connectivity index (χ3v) is 2.50. The summed E-state index contributed by atoms with van der Waals surface area (Å²) >= 11 is 0. The molecule has 0 N–H and O–H groups in total. The number of ether oxygens (including phenoxy) is 1. The molecule has 1 heterocycles. The Kier molecular flexibility index (Phi) is 3.98. The van der Waals surface area contributed by atoms with Crippen molar-refractivity contribution in [2.75, 3.05) is 20.6 Å². The average molecular weight is 256 g/mol. The van der Waals surface area contributed by atoms with Crippen LogP contribution in [0.5, 0.6) is 0 Å². The molecular formula is C12H20N2O4. The largest absolute Gasteiger partial charge is 0.444 e. The van der Waals surface area contributed by atoms with Crippen molar-refractivity contribution in [3.05, 3.63) is 0 Å².